The number of aromatic nitrogens is 4. The highest BCUT2D eigenvalue weighted by molar-refractivity contribution is 5.91. The SMILES string of the molecule is C=C1NC(=O)C2(n3cnc4cncnc43)CC1C2. The Morgan fingerprint density at radius 1 is 1.44 bits per heavy atom. The number of rotatable bonds is 1. The van der Waals surface area contributed by atoms with Crippen LogP contribution in [0, 0.1) is 5.92 Å². The largest absolute Gasteiger partial charge is 0.328 e. The first-order valence-corrected chi connectivity index (χ1v) is 5.84. The van der Waals surface area contributed by atoms with Crippen molar-refractivity contribution < 1.29 is 4.79 Å². The Labute approximate surface area is 103 Å². The maximum absolute atomic E-state index is 12.2. The number of hydrogen-bond acceptors (Lipinski definition) is 4. The van der Waals surface area contributed by atoms with Gasteiger partial charge in [-0.05, 0) is 12.8 Å². The van der Waals surface area contributed by atoms with Crippen LogP contribution in [-0.2, 0) is 10.3 Å². The van der Waals surface area contributed by atoms with Crippen LogP contribution < -0.4 is 5.32 Å². The van der Waals surface area contributed by atoms with Gasteiger partial charge in [0.2, 0.25) is 0 Å². The van der Waals surface area contributed by atoms with Crippen LogP contribution in [0.3, 0.4) is 0 Å². The van der Waals surface area contributed by atoms with Crippen molar-refractivity contribution >= 4 is 17.1 Å². The van der Waals surface area contributed by atoms with Crippen molar-refractivity contribution in [3.63, 3.8) is 0 Å². The van der Waals surface area contributed by atoms with Gasteiger partial charge in [-0.3, -0.25) is 9.36 Å². The first kappa shape index (κ1) is 9.76. The van der Waals surface area contributed by atoms with Crippen molar-refractivity contribution in [2.75, 3.05) is 0 Å². The average Bonchev–Trinajstić information content (AvgIpc) is 2.71. The summed E-state index contributed by atoms with van der Waals surface area (Å²) < 4.78 is 1.88. The quantitative estimate of drug-likeness (QED) is 0.792. The Morgan fingerprint density at radius 2 is 2.28 bits per heavy atom. The summed E-state index contributed by atoms with van der Waals surface area (Å²) in [6, 6.07) is 0. The van der Waals surface area contributed by atoms with E-state index in [-0.39, 0.29) is 5.91 Å². The summed E-state index contributed by atoms with van der Waals surface area (Å²) in [5, 5.41) is 2.85. The van der Waals surface area contributed by atoms with Crippen LogP contribution in [0.2, 0.25) is 0 Å². The molecule has 2 aromatic heterocycles. The van der Waals surface area contributed by atoms with E-state index in [9.17, 15) is 4.79 Å². The number of imidazole rings is 1. The van der Waals surface area contributed by atoms with Crippen LogP contribution in [0.5, 0.6) is 0 Å². The fourth-order valence-corrected chi connectivity index (χ4v) is 2.94. The van der Waals surface area contributed by atoms with Gasteiger partial charge < -0.3 is 5.32 Å². The van der Waals surface area contributed by atoms with Crippen molar-refractivity contribution in [3.8, 4) is 0 Å². The van der Waals surface area contributed by atoms with E-state index in [2.05, 4.69) is 26.8 Å². The standard InChI is InChI=1S/C12H11N5O/c1-7-8-2-12(3-8,11(18)16-7)17-6-15-9-4-13-5-14-10(9)17/h4-6,8H,1-3H2,(H,16,18). The van der Waals surface area contributed by atoms with Gasteiger partial charge in [0, 0.05) is 11.6 Å². The van der Waals surface area contributed by atoms with Crippen LogP contribution in [0.15, 0.2) is 31.1 Å². The topological polar surface area (TPSA) is 72.7 Å². The highest BCUT2D eigenvalue weighted by Crippen LogP contribution is 2.50. The van der Waals surface area contributed by atoms with Crippen LogP contribution in [0.25, 0.3) is 11.2 Å². The first-order chi connectivity index (χ1) is 8.71. The number of amides is 1. The third-order valence-corrected chi connectivity index (χ3v) is 4.03. The second-order valence-corrected chi connectivity index (χ2v) is 4.96. The third kappa shape index (κ3) is 0.982. The minimum absolute atomic E-state index is 0.00656. The second kappa shape index (κ2) is 2.95. The summed E-state index contributed by atoms with van der Waals surface area (Å²) in [5.74, 6) is 0.370. The lowest BCUT2D eigenvalue weighted by Gasteiger charge is -2.52. The van der Waals surface area contributed by atoms with E-state index in [0.29, 0.717) is 17.1 Å². The van der Waals surface area contributed by atoms with Crippen molar-refractivity contribution in [1.29, 1.82) is 0 Å². The molecule has 6 heteroatoms. The van der Waals surface area contributed by atoms with E-state index < -0.39 is 5.54 Å². The molecule has 0 spiro atoms. The Morgan fingerprint density at radius 3 is 3.06 bits per heavy atom. The fraction of sp³-hybridized carbons (Fsp3) is 0.333. The number of piperidine rings is 2. The highest BCUT2D eigenvalue weighted by atomic mass is 16.2. The molecule has 5 rings (SSSR count). The van der Waals surface area contributed by atoms with Crippen molar-refractivity contribution in [3.05, 3.63) is 31.1 Å². The molecule has 4 heterocycles. The number of carbonyl (C=O) groups is 1. The van der Waals surface area contributed by atoms with Gasteiger partial charge >= 0.3 is 0 Å². The van der Waals surface area contributed by atoms with E-state index in [4.69, 9.17) is 0 Å². The molecule has 2 aliphatic heterocycles. The lowest BCUT2D eigenvalue weighted by atomic mass is 9.63. The molecule has 3 aliphatic rings. The zero-order chi connectivity index (χ0) is 12.3. The van der Waals surface area contributed by atoms with Crippen LogP contribution >= 0.6 is 0 Å². The molecule has 0 radical (unpaired) electrons. The minimum atomic E-state index is -0.533. The molecule has 2 aromatic rings. The summed E-state index contributed by atoms with van der Waals surface area (Å²) >= 11 is 0. The maximum Gasteiger partial charge on any atom is 0.250 e. The number of allylic oxidation sites excluding steroid dienone is 1. The fourth-order valence-electron chi connectivity index (χ4n) is 2.94. The van der Waals surface area contributed by atoms with Crippen LogP contribution in [0.1, 0.15) is 12.8 Å². The average molecular weight is 241 g/mol. The number of hydrogen-bond donors (Lipinski definition) is 1. The molecule has 1 amide bonds. The summed E-state index contributed by atoms with van der Waals surface area (Å²) in [5.41, 5.74) is 1.73. The zero-order valence-electron chi connectivity index (χ0n) is 9.63. The van der Waals surface area contributed by atoms with Crippen LogP contribution in [-0.4, -0.2) is 25.4 Å². The minimum Gasteiger partial charge on any atom is -0.328 e. The van der Waals surface area contributed by atoms with Crippen molar-refractivity contribution in [2.24, 2.45) is 5.92 Å². The normalized spacial score (nSPS) is 30.1. The Balaban J connectivity index is 1.89. The molecule has 6 nitrogen and oxygen atoms in total. The van der Waals surface area contributed by atoms with Gasteiger partial charge in [0.25, 0.3) is 5.91 Å². The smallest absolute Gasteiger partial charge is 0.250 e. The summed E-state index contributed by atoms with van der Waals surface area (Å²) in [7, 11) is 0. The number of nitrogens with zero attached hydrogens (tertiary/aromatic N) is 4. The van der Waals surface area contributed by atoms with Gasteiger partial charge in [-0.2, -0.15) is 0 Å². The van der Waals surface area contributed by atoms with Crippen molar-refractivity contribution in [2.45, 2.75) is 18.4 Å². The molecule has 90 valence electrons. The van der Waals surface area contributed by atoms with Gasteiger partial charge in [0.15, 0.2) is 5.65 Å². The zero-order valence-corrected chi connectivity index (χ0v) is 9.63. The molecular formula is C12H11N5O. The molecule has 1 saturated carbocycles. The molecule has 2 saturated heterocycles. The molecule has 0 unspecified atom stereocenters. The van der Waals surface area contributed by atoms with E-state index in [0.717, 1.165) is 18.5 Å². The van der Waals surface area contributed by atoms with Gasteiger partial charge in [-0.15, -0.1) is 0 Å². The van der Waals surface area contributed by atoms with E-state index in [1.807, 2.05) is 4.57 Å². The van der Waals surface area contributed by atoms with Gasteiger partial charge in [-0.1, -0.05) is 6.58 Å². The molecule has 3 fully saturated rings. The van der Waals surface area contributed by atoms with E-state index in [1.165, 1.54) is 6.33 Å². The second-order valence-electron chi connectivity index (χ2n) is 4.96. The Hall–Kier alpha value is -2.24. The third-order valence-electron chi connectivity index (χ3n) is 4.03. The molecule has 0 aromatic carbocycles. The Kier molecular flexibility index (Phi) is 1.60. The molecule has 1 aliphatic carbocycles. The monoisotopic (exact) mass is 241 g/mol. The molecular weight excluding hydrogens is 230 g/mol. The predicted molar refractivity (Wildman–Crippen MR) is 63.3 cm³/mol. The first-order valence-electron chi connectivity index (χ1n) is 5.84. The maximum atomic E-state index is 12.2. The molecule has 1 N–H and O–H groups in total. The molecule has 2 bridgehead atoms. The summed E-state index contributed by atoms with van der Waals surface area (Å²) in [6.45, 7) is 3.88. The lowest BCUT2D eigenvalue weighted by Crippen LogP contribution is -2.63. The number of nitrogens with one attached hydrogen (secondary N) is 1. The van der Waals surface area contributed by atoms with Gasteiger partial charge in [0.05, 0.1) is 12.5 Å². The summed E-state index contributed by atoms with van der Waals surface area (Å²) in [4.78, 5) is 24.7. The molecule has 18 heavy (non-hydrogen) atoms. The number of carbonyl (C=O) groups excluding carboxylic acids is 1. The summed E-state index contributed by atoms with van der Waals surface area (Å²) in [6.07, 6.45) is 6.39. The van der Waals surface area contributed by atoms with E-state index in [1.54, 1.807) is 12.5 Å². The number of fused-ring (bicyclic) bond motifs is 3. The molecule has 0 atom stereocenters. The Bertz CT molecular complexity index is 683. The van der Waals surface area contributed by atoms with Crippen molar-refractivity contribution in [1.82, 2.24) is 24.8 Å². The van der Waals surface area contributed by atoms with Gasteiger partial charge in [0.1, 0.15) is 17.4 Å². The lowest BCUT2D eigenvalue weighted by molar-refractivity contribution is -0.140. The predicted octanol–water partition coefficient (Wildman–Crippen LogP) is 0.575. The van der Waals surface area contributed by atoms with Crippen LogP contribution in [0.4, 0.5) is 0 Å². The highest BCUT2D eigenvalue weighted by Gasteiger charge is 2.57. The van der Waals surface area contributed by atoms with Gasteiger partial charge in [-0.25, -0.2) is 15.0 Å². The van der Waals surface area contributed by atoms with E-state index >= 15 is 0 Å².